The Morgan fingerprint density at radius 3 is 2.90 bits per heavy atom. The van der Waals surface area contributed by atoms with Crippen molar-refractivity contribution in [2.45, 2.75) is 11.4 Å². The van der Waals surface area contributed by atoms with Gasteiger partial charge in [0.2, 0.25) is 0 Å². The van der Waals surface area contributed by atoms with E-state index in [0.717, 1.165) is 0 Å². The quantitative estimate of drug-likeness (QED) is 0.741. The maximum absolute atomic E-state index is 11.6. The van der Waals surface area contributed by atoms with Crippen molar-refractivity contribution in [3.05, 3.63) is 30.7 Å². The van der Waals surface area contributed by atoms with E-state index in [-0.39, 0.29) is 4.90 Å². The van der Waals surface area contributed by atoms with Gasteiger partial charge in [0.15, 0.2) is 15.7 Å². The summed E-state index contributed by atoms with van der Waals surface area (Å²) in [4.78, 5) is 12.0. The molecule has 0 amide bonds. The second-order valence-electron chi connectivity index (χ2n) is 4.82. The highest BCUT2D eigenvalue weighted by atomic mass is 32.2. The summed E-state index contributed by atoms with van der Waals surface area (Å²) in [5.74, 6) is 0.603. The summed E-state index contributed by atoms with van der Waals surface area (Å²) in [5, 5.41) is 0. The van der Waals surface area contributed by atoms with Crippen molar-refractivity contribution in [1.29, 1.82) is 0 Å². The molecule has 1 aromatic carbocycles. The Labute approximate surface area is 121 Å². The predicted octanol–water partition coefficient (Wildman–Crippen LogP) is 0.789. The number of rotatable bonds is 4. The minimum atomic E-state index is -3.23. The third-order valence-electron chi connectivity index (χ3n) is 3.14. The van der Waals surface area contributed by atoms with E-state index in [1.807, 2.05) is 10.8 Å². The smallest absolute Gasteiger partial charge is 0.175 e. The first-order valence-electron chi connectivity index (χ1n) is 6.39. The third-order valence-corrected chi connectivity index (χ3v) is 4.25. The highest BCUT2D eigenvalue weighted by Gasteiger charge is 2.12. The molecule has 2 heterocycles. The molecule has 3 N–H and O–H groups in total. The number of hydrogen-bond acceptors (Lipinski definition) is 5. The SMILES string of the molecule is CS(=O)(=O)c1ccc2nc(-c3cn(CCN)cn3)[nH]c2c1. The van der Waals surface area contributed by atoms with Gasteiger partial charge in [-0.25, -0.2) is 18.4 Å². The molecule has 0 bridgehead atoms. The van der Waals surface area contributed by atoms with Crippen LogP contribution in [0.4, 0.5) is 0 Å². The first-order chi connectivity index (χ1) is 9.97. The average molecular weight is 305 g/mol. The van der Waals surface area contributed by atoms with Crippen LogP contribution in [-0.4, -0.2) is 40.7 Å². The number of nitrogens with zero attached hydrogens (tertiary/aromatic N) is 3. The zero-order valence-electron chi connectivity index (χ0n) is 11.4. The number of nitrogens with one attached hydrogen (secondary N) is 1. The van der Waals surface area contributed by atoms with Crippen LogP contribution >= 0.6 is 0 Å². The molecule has 2 aromatic heterocycles. The molecule has 21 heavy (non-hydrogen) atoms. The van der Waals surface area contributed by atoms with Gasteiger partial charge in [0, 0.05) is 25.5 Å². The highest BCUT2D eigenvalue weighted by molar-refractivity contribution is 7.90. The zero-order valence-corrected chi connectivity index (χ0v) is 12.3. The Kier molecular flexibility index (Phi) is 3.26. The van der Waals surface area contributed by atoms with Crippen LogP contribution in [0.15, 0.2) is 35.6 Å². The van der Waals surface area contributed by atoms with Crippen molar-refractivity contribution in [3.8, 4) is 11.5 Å². The van der Waals surface area contributed by atoms with Gasteiger partial charge in [0.25, 0.3) is 0 Å². The number of nitrogens with two attached hydrogens (primary N) is 1. The predicted molar refractivity (Wildman–Crippen MR) is 79.5 cm³/mol. The van der Waals surface area contributed by atoms with Gasteiger partial charge < -0.3 is 15.3 Å². The number of aromatic nitrogens is 4. The van der Waals surface area contributed by atoms with E-state index in [1.165, 1.54) is 6.26 Å². The molecule has 0 aliphatic heterocycles. The fourth-order valence-electron chi connectivity index (χ4n) is 2.09. The Hall–Kier alpha value is -2.19. The van der Waals surface area contributed by atoms with Crippen molar-refractivity contribution in [2.24, 2.45) is 5.73 Å². The fourth-order valence-corrected chi connectivity index (χ4v) is 2.74. The summed E-state index contributed by atoms with van der Waals surface area (Å²) >= 11 is 0. The molecule has 7 nitrogen and oxygen atoms in total. The van der Waals surface area contributed by atoms with Crippen LogP contribution < -0.4 is 5.73 Å². The molecule has 3 rings (SSSR count). The fraction of sp³-hybridized carbons (Fsp3) is 0.231. The number of aromatic amines is 1. The van der Waals surface area contributed by atoms with Crippen LogP contribution in [0.2, 0.25) is 0 Å². The van der Waals surface area contributed by atoms with Crippen LogP contribution in [0.5, 0.6) is 0 Å². The molecule has 0 fully saturated rings. The molecule has 0 aliphatic carbocycles. The topological polar surface area (TPSA) is 107 Å². The summed E-state index contributed by atoms with van der Waals surface area (Å²) in [6.07, 6.45) is 4.72. The van der Waals surface area contributed by atoms with E-state index in [9.17, 15) is 8.42 Å². The molecule has 0 saturated heterocycles. The van der Waals surface area contributed by atoms with Crippen LogP contribution in [0.1, 0.15) is 0 Å². The van der Waals surface area contributed by atoms with Gasteiger partial charge in [-0.3, -0.25) is 0 Å². The number of sulfone groups is 1. The molecule has 3 aromatic rings. The van der Waals surface area contributed by atoms with Crippen molar-refractivity contribution >= 4 is 20.9 Å². The monoisotopic (exact) mass is 305 g/mol. The second-order valence-corrected chi connectivity index (χ2v) is 6.84. The second kappa shape index (κ2) is 4.97. The van der Waals surface area contributed by atoms with Crippen LogP contribution in [-0.2, 0) is 16.4 Å². The molecule has 0 spiro atoms. The van der Waals surface area contributed by atoms with Gasteiger partial charge in [-0.15, -0.1) is 0 Å². The van der Waals surface area contributed by atoms with Crippen molar-refractivity contribution in [1.82, 2.24) is 19.5 Å². The molecule has 0 atom stereocenters. The van der Waals surface area contributed by atoms with E-state index in [1.54, 1.807) is 24.5 Å². The van der Waals surface area contributed by atoms with Crippen molar-refractivity contribution < 1.29 is 8.42 Å². The lowest BCUT2D eigenvalue weighted by Gasteiger charge is -1.96. The van der Waals surface area contributed by atoms with Gasteiger partial charge >= 0.3 is 0 Å². The van der Waals surface area contributed by atoms with Crippen LogP contribution in [0, 0.1) is 0 Å². The summed E-state index contributed by atoms with van der Waals surface area (Å²) in [6, 6.07) is 4.82. The van der Waals surface area contributed by atoms with Gasteiger partial charge in [0.1, 0.15) is 5.69 Å². The van der Waals surface area contributed by atoms with Gasteiger partial charge in [-0.1, -0.05) is 0 Å². The van der Waals surface area contributed by atoms with E-state index in [2.05, 4.69) is 15.0 Å². The van der Waals surface area contributed by atoms with Gasteiger partial charge in [0.05, 0.1) is 22.3 Å². The van der Waals surface area contributed by atoms with Crippen molar-refractivity contribution in [3.63, 3.8) is 0 Å². The summed E-state index contributed by atoms with van der Waals surface area (Å²) in [7, 11) is -3.23. The first-order valence-corrected chi connectivity index (χ1v) is 8.28. The van der Waals surface area contributed by atoms with Crippen molar-refractivity contribution in [2.75, 3.05) is 12.8 Å². The van der Waals surface area contributed by atoms with Gasteiger partial charge in [-0.2, -0.15) is 0 Å². The number of imidazole rings is 2. The first kappa shape index (κ1) is 13.8. The summed E-state index contributed by atoms with van der Waals surface area (Å²) in [5.41, 5.74) is 7.56. The van der Waals surface area contributed by atoms with Crippen LogP contribution in [0.3, 0.4) is 0 Å². The Balaban J connectivity index is 2.04. The molecule has 0 unspecified atom stereocenters. The minimum Gasteiger partial charge on any atom is -0.337 e. The number of hydrogen-bond donors (Lipinski definition) is 2. The lowest BCUT2D eigenvalue weighted by Crippen LogP contribution is -2.07. The Morgan fingerprint density at radius 2 is 2.19 bits per heavy atom. The maximum Gasteiger partial charge on any atom is 0.175 e. The molecule has 110 valence electrons. The Bertz CT molecular complexity index is 894. The molecule has 0 radical (unpaired) electrons. The van der Waals surface area contributed by atoms with E-state index < -0.39 is 9.84 Å². The molecular weight excluding hydrogens is 290 g/mol. The minimum absolute atomic E-state index is 0.263. The number of benzene rings is 1. The summed E-state index contributed by atoms with van der Waals surface area (Å²) in [6.45, 7) is 1.22. The Morgan fingerprint density at radius 1 is 1.38 bits per heavy atom. The molecule has 0 aliphatic rings. The molecule has 8 heteroatoms. The zero-order chi connectivity index (χ0) is 15.0. The molecule has 0 saturated carbocycles. The third kappa shape index (κ3) is 2.67. The maximum atomic E-state index is 11.6. The van der Waals surface area contributed by atoms with Crippen LogP contribution in [0.25, 0.3) is 22.6 Å². The summed E-state index contributed by atoms with van der Waals surface area (Å²) < 4.78 is 25.0. The normalized spacial score (nSPS) is 12.1. The number of H-pyrrole nitrogens is 1. The molecular formula is C13H15N5O2S. The highest BCUT2D eigenvalue weighted by Crippen LogP contribution is 2.21. The lowest BCUT2D eigenvalue weighted by molar-refractivity contribution is 0.602. The van der Waals surface area contributed by atoms with Gasteiger partial charge in [-0.05, 0) is 18.2 Å². The van der Waals surface area contributed by atoms with E-state index in [4.69, 9.17) is 5.73 Å². The largest absolute Gasteiger partial charge is 0.337 e. The van der Waals surface area contributed by atoms with E-state index >= 15 is 0 Å². The lowest BCUT2D eigenvalue weighted by atomic mass is 10.3. The number of fused-ring (bicyclic) bond motifs is 1. The van der Waals surface area contributed by atoms with E-state index in [0.29, 0.717) is 35.6 Å². The standard InChI is InChI=1S/C13H15N5O2S/c1-21(19,20)9-2-3-10-11(6-9)17-13(16-10)12-7-18(5-4-14)8-15-12/h2-3,6-8H,4-5,14H2,1H3,(H,16,17). The average Bonchev–Trinajstić information content (AvgIpc) is 3.02.